The Hall–Kier alpha value is -1.31. The molecule has 0 amide bonds. The van der Waals surface area contributed by atoms with Gasteiger partial charge in [0.2, 0.25) is 0 Å². The third kappa shape index (κ3) is 4.22. The van der Waals surface area contributed by atoms with E-state index in [2.05, 4.69) is 9.57 Å². The molecule has 1 unspecified atom stereocenters. The predicted molar refractivity (Wildman–Crippen MR) is 52.9 cm³/mol. The third-order valence-corrected chi connectivity index (χ3v) is 1.96. The smallest absolute Gasteiger partial charge is 0.272 e. The lowest BCUT2D eigenvalue weighted by molar-refractivity contribution is -1.06. The number of hydroxylamine groups is 2. The normalized spacial score (nSPS) is 12.8. The van der Waals surface area contributed by atoms with Gasteiger partial charge < -0.3 is 9.94 Å². The van der Waals surface area contributed by atoms with E-state index in [1.165, 1.54) is 19.2 Å². The molecule has 1 atom stereocenters. The van der Waals surface area contributed by atoms with E-state index in [9.17, 15) is 18.4 Å². The maximum absolute atomic E-state index is 13.3. The molecule has 0 saturated carbocycles. The van der Waals surface area contributed by atoms with Crippen molar-refractivity contribution in [3.05, 3.63) is 34.8 Å². The van der Waals surface area contributed by atoms with E-state index in [1.807, 2.05) is 0 Å². The van der Waals surface area contributed by atoms with E-state index >= 15 is 0 Å². The average Bonchev–Trinajstić information content (AvgIpc) is 2.27. The Labute approximate surface area is 96.1 Å². The first kappa shape index (κ1) is 13.8. The van der Waals surface area contributed by atoms with Gasteiger partial charge in [-0.1, -0.05) is 6.07 Å². The summed E-state index contributed by atoms with van der Waals surface area (Å²) in [5.74, 6) is -1.12. The summed E-state index contributed by atoms with van der Waals surface area (Å²) in [5.41, 5.74) is 0.178. The number of alkyl halides is 2. The Morgan fingerprint density at radius 1 is 1.41 bits per heavy atom. The van der Waals surface area contributed by atoms with Crippen LogP contribution in [0.5, 0.6) is 5.75 Å². The lowest BCUT2D eigenvalue weighted by Gasteiger charge is -2.19. The van der Waals surface area contributed by atoms with E-state index in [0.29, 0.717) is 0 Å². The van der Waals surface area contributed by atoms with E-state index in [-0.39, 0.29) is 17.9 Å². The van der Waals surface area contributed by atoms with Gasteiger partial charge in [0.25, 0.3) is 6.43 Å². The van der Waals surface area contributed by atoms with E-state index in [4.69, 9.17) is 0 Å². The second kappa shape index (κ2) is 6.43. The Kier molecular flexibility index (Phi) is 5.20. The van der Waals surface area contributed by atoms with Crippen LogP contribution in [0.4, 0.5) is 13.2 Å². The molecule has 4 nitrogen and oxygen atoms in total. The van der Waals surface area contributed by atoms with Crippen LogP contribution in [0.3, 0.4) is 0 Å². The Morgan fingerprint density at radius 2 is 2.12 bits per heavy atom. The van der Waals surface area contributed by atoms with Gasteiger partial charge in [-0.25, -0.2) is 23.2 Å². The molecule has 0 heterocycles. The molecule has 7 heteroatoms. The fourth-order valence-electron chi connectivity index (χ4n) is 1.23. The van der Waals surface area contributed by atoms with Crippen LogP contribution in [-0.2, 0) is 11.4 Å². The first-order valence-corrected chi connectivity index (χ1v) is 4.79. The van der Waals surface area contributed by atoms with Crippen LogP contribution >= 0.6 is 0 Å². The molecule has 1 aromatic rings. The van der Waals surface area contributed by atoms with Crippen molar-refractivity contribution < 1.29 is 28.0 Å². The minimum absolute atomic E-state index is 0.178. The summed E-state index contributed by atoms with van der Waals surface area (Å²) in [6, 6.07) is 3.85. The number of benzene rings is 1. The molecule has 0 aromatic heterocycles. The molecule has 17 heavy (non-hydrogen) atoms. The van der Waals surface area contributed by atoms with E-state index in [1.54, 1.807) is 0 Å². The second-order valence-corrected chi connectivity index (χ2v) is 3.18. The fraction of sp³-hybridized carbons (Fsp3) is 0.400. The average molecular weight is 251 g/mol. The SMILES string of the molecule is CO[NH+]([O-])Cc1cccc(F)c1OCC(F)F. The number of ether oxygens (including phenoxy) is 1. The summed E-state index contributed by atoms with van der Waals surface area (Å²) >= 11 is 0. The van der Waals surface area contributed by atoms with Gasteiger partial charge in [0.05, 0.1) is 12.7 Å². The van der Waals surface area contributed by atoms with Crippen molar-refractivity contribution in [3.63, 3.8) is 0 Å². The molecule has 0 bridgehead atoms. The predicted octanol–water partition coefficient (Wildman–Crippen LogP) is 0.914. The van der Waals surface area contributed by atoms with Crippen LogP contribution < -0.4 is 9.96 Å². The highest BCUT2D eigenvalue weighted by molar-refractivity contribution is 5.34. The second-order valence-electron chi connectivity index (χ2n) is 3.18. The fourth-order valence-corrected chi connectivity index (χ4v) is 1.23. The Balaban J connectivity index is 2.84. The summed E-state index contributed by atoms with van der Waals surface area (Å²) in [5, 5.41) is 10.4. The number of hydrogen-bond acceptors (Lipinski definition) is 3. The molecule has 0 saturated heterocycles. The van der Waals surface area contributed by atoms with Crippen molar-refractivity contribution in [2.75, 3.05) is 13.7 Å². The van der Waals surface area contributed by atoms with Crippen molar-refractivity contribution in [1.29, 1.82) is 0 Å². The van der Waals surface area contributed by atoms with E-state index < -0.39 is 24.1 Å². The molecule has 0 aliphatic rings. The lowest BCUT2D eigenvalue weighted by Crippen LogP contribution is -3.04. The standard InChI is InChI=1S/C10H12F3NO3/c1-16-14(15)5-7-3-2-4-8(11)10(7)17-6-9(12)13/h2-4,9,14H,5-6H2,1H3. The molecular weight excluding hydrogens is 239 g/mol. The van der Waals surface area contributed by atoms with Crippen LogP contribution in [-0.4, -0.2) is 20.1 Å². The number of halogens is 3. The van der Waals surface area contributed by atoms with Gasteiger partial charge in [-0.15, -0.1) is 0 Å². The van der Waals surface area contributed by atoms with E-state index in [0.717, 1.165) is 6.07 Å². The summed E-state index contributed by atoms with van der Waals surface area (Å²) in [6.45, 7) is -1.15. The molecule has 0 aliphatic heterocycles. The highest BCUT2D eigenvalue weighted by Gasteiger charge is 2.14. The van der Waals surface area contributed by atoms with Gasteiger partial charge in [-0.3, -0.25) is 0 Å². The zero-order valence-electron chi connectivity index (χ0n) is 9.08. The van der Waals surface area contributed by atoms with Gasteiger partial charge >= 0.3 is 0 Å². The number of quaternary nitrogens is 1. The minimum Gasteiger partial charge on any atom is -0.600 e. The van der Waals surface area contributed by atoms with Crippen LogP contribution in [0.2, 0.25) is 0 Å². The maximum atomic E-state index is 13.3. The zero-order chi connectivity index (χ0) is 12.8. The highest BCUT2D eigenvalue weighted by Crippen LogP contribution is 2.22. The largest absolute Gasteiger partial charge is 0.600 e. The van der Waals surface area contributed by atoms with Crippen LogP contribution in [0, 0.1) is 11.0 Å². The van der Waals surface area contributed by atoms with Crippen molar-refractivity contribution in [2.24, 2.45) is 0 Å². The van der Waals surface area contributed by atoms with Gasteiger partial charge in [-0.2, -0.15) is 0 Å². The summed E-state index contributed by atoms with van der Waals surface area (Å²) < 4.78 is 41.9. The van der Waals surface area contributed by atoms with Crippen molar-refractivity contribution in [1.82, 2.24) is 0 Å². The Bertz CT molecular complexity index is 363. The van der Waals surface area contributed by atoms with Crippen LogP contribution in [0.1, 0.15) is 5.56 Å². The number of rotatable bonds is 6. The quantitative estimate of drug-likeness (QED) is 0.764. The van der Waals surface area contributed by atoms with Crippen molar-refractivity contribution in [3.8, 4) is 5.75 Å². The summed E-state index contributed by atoms with van der Waals surface area (Å²) in [4.78, 5) is 4.41. The topological polar surface area (TPSA) is 46.0 Å². The molecule has 0 radical (unpaired) electrons. The molecule has 1 aromatic carbocycles. The summed E-state index contributed by atoms with van der Waals surface area (Å²) in [7, 11) is 1.18. The maximum Gasteiger partial charge on any atom is 0.272 e. The molecule has 0 fully saturated rings. The highest BCUT2D eigenvalue weighted by atomic mass is 19.3. The molecule has 0 spiro atoms. The lowest BCUT2D eigenvalue weighted by atomic mass is 10.2. The molecule has 1 N–H and O–H groups in total. The number of hydrogen-bond donors (Lipinski definition) is 1. The molecule has 1 rings (SSSR count). The summed E-state index contributed by atoms with van der Waals surface area (Å²) in [6.07, 6.45) is -2.71. The Morgan fingerprint density at radius 3 is 2.71 bits per heavy atom. The van der Waals surface area contributed by atoms with Crippen LogP contribution in [0.25, 0.3) is 0 Å². The third-order valence-electron chi connectivity index (χ3n) is 1.96. The van der Waals surface area contributed by atoms with Gasteiger partial charge in [0.1, 0.15) is 13.2 Å². The molecule has 96 valence electrons. The monoisotopic (exact) mass is 251 g/mol. The van der Waals surface area contributed by atoms with Gasteiger partial charge in [0.15, 0.2) is 11.6 Å². The molecule has 0 aliphatic carbocycles. The van der Waals surface area contributed by atoms with Crippen molar-refractivity contribution >= 4 is 0 Å². The molecular formula is C10H12F3NO3. The number of nitrogens with one attached hydrogen (secondary N) is 1. The zero-order valence-corrected chi connectivity index (χ0v) is 9.08. The van der Waals surface area contributed by atoms with Crippen LogP contribution in [0.15, 0.2) is 18.2 Å². The first-order chi connectivity index (χ1) is 8.04. The number of para-hydroxylation sites is 1. The minimum atomic E-state index is -2.71. The van der Waals surface area contributed by atoms with Crippen molar-refractivity contribution in [2.45, 2.75) is 13.0 Å². The first-order valence-electron chi connectivity index (χ1n) is 4.79. The van der Waals surface area contributed by atoms with Gasteiger partial charge in [-0.05, 0) is 12.1 Å². The van der Waals surface area contributed by atoms with Gasteiger partial charge in [0, 0.05) is 0 Å².